The van der Waals surface area contributed by atoms with Crippen LogP contribution in [0.3, 0.4) is 0 Å². The highest BCUT2D eigenvalue weighted by Crippen LogP contribution is 2.38. The van der Waals surface area contributed by atoms with E-state index < -0.39 is 86.6 Å². The Balaban J connectivity index is 1.86. The first-order valence-electron chi connectivity index (χ1n) is 16.2. The number of ether oxygens (including phenoxy) is 5. The minimum absolute atomic E-state index is 0.0742. The van der Waals surface area contributed by atoms with Crippen molar-refractivity contribution in [2.24, 2.45) is 0 Å². The summed E-state index contributed by atoms with van der Waals surface area (Å²) in [5.41, 5.74) is 0. The summed E-state index contributed by atoms with van der Waals surface area (Å²) in [5, 5.41) is 60.8. The lowest BCUT2D eigenvalue weighted by atomic mass is 9.99. The molecule has 13 nitrogen and oxygen atoms in total. The molecule has 2 saturated heterocycles. The summed E-state index contributed by atoms with van der Waals surface area (Å²) in [4.78, 5) is 24.5. The van der Waals surface area contributed by atoms with Gasteiger partial charge in [-0.2, -0.15) is 0 Å². The van der Waals surface area contributed by atoms with Gasteiger partial charge in [-0.05, 0) is 38.5 Å². The highest BCUT2D eigenvalue weighted by atomic mass is 16.8. The van der Waals surface area contributed by atoms with Crippen molar-refractivity contribution < 1.29 is 63.9 Å². The smallest absolute Gasteiger partial charge is 0.305 e. The summed E-state index contributed by atoms with van der Waals surface area (Å²) in [6, 6.07) is 0. The normalized spacial score (nSPS) is 32.0. The molecule has 0 spiro atoms. The van der Waals surface area contributed by atoms with Crippen LogP contribution in [-0.2, 0) is 33.3 Å². The van der Waals surface area contributed by atoms with E-state index in [0.717, 1.165) is 51.9 Å². The quantitative estimate of drug-likeness (QED) is 0.0596. The summed E-state index contributed by atoms with van der Waals surface area (Å²) >= 11 is 0. The van der Waals surface area contributed by atoms with Gasteiger partial charge in [0.25, 0.3) is 0 Å². The second kappa shape index (κ2) is 21.0. The van der Waals surface area contributed by atoms with E-state index >= 15 is 0 Å². The first-order chi connectivity index (χ1) is 21.6. The van der Waals surface area contributed by atoms with Gasteiger partial charge >= 0.3 is 11.9 Å². The Morgan fingerprint density at radius 3 is 2.02 bits per heavy atom. The average molecular weight is 647 g/mol. The van der Waals surface area contributed by atoms with E-state index in [1.165, 1.54) is 19.3 Å². The first-order valence-corrected chi connectivity index (χ1v) is 16.2. The van der Waals surface area contributed by atoms with Gasteiger partial charge in [-0.15, -0.1) is 0 Å². The van der Waals surface area contributed by atoms with Gasteiger partial charge < -0.3 is 54.3 Å². The van der Waals surface area contributed by atoms with Crippen LogP contribution in [0.5, 0.6) is 0 Å². The number of carbonyl (C=O) groups is 2. The van der Waals surface area contributed by atoms with Crippen LogP contribution >= 0.6 is 0 Å². The molecule has 0 saturated carbocycles. The topological polar surface area (TPSA) is 202 Å². The standard InChI is InChI=1S/C32H54O13/c1-3-4-5-6-7-8-9-10-11-12-13-14-15-16-17-18-25(36)41-21-32(30(42-22(2)35)27(38)24(20-34)44-32)45-31-29(40)28(39)26(37)23(19-33)43-31/h7-8,10-11,23-24,26-31,33-34,37-40H,3-6,9,12-21H2,1-2H3/b8-7-,11-10-/t23-,24-,26-,27-,28+,29-,30+,31-,32+/m1/s1. The van der Waals surface area contributed by atoms with E-state index in [0.29, 0.717) is 6.42 Å². The third kappa shape index (κ3) is 12.6. The predicted octanol–water partition coefficient (Wildman–Crippen LogP) is 1.54. The Hall–Kier alpha value is -1.94. The molecule has 13 heteroatoms. The van der Waals surface area contributed by atoms with E-state index in [4.69, 9.17) is 23.7 Å². The van der Waals surface area contributed by atoms with Gasteiger partial charge in [0.2, 0.25) is 5.79 Å². The molecule has 2 aliphatic heterocycles. The molecule has 0 unspecified atom stereocenters. The molecule has 0 aromatic heterocycles. The molecule has 9 atom stereocenters. The SMILES string of the molecule is CCCCC/C=C\C/C=C\CCCCCCCC(=O)OC[C@@]1(O[C@H]2O[C@H](CO)[C@@H](O)[C@H](O)[C@H]2O)O[C@H](CO)[C@@H](O)[C@@H]1OC(C)=O. The molecule has 0 radical (unpaired) electrons. The maximum atomic E-state index is 12.6. The number of unbranched alkanes of at least 4 members (excludes halogenated alkanes) is 8. The van der Waals surface area contributed by atoms with Crippen LogP contribution in [0.25, 0.3) is 0 Å². The van der Waals surface area contributed by atoms with E-state index in [1.807, 2.05) is 0 Å². The molecule has 2 aliphatic rings. The molecular formula is C32H54O13. The van der Waals surface area contributed by atoms with E-state index in [2.05, 4.69) is 31.2 Å². The summed E-state index contributed by atoms with van der Waals surface area (Å²) in [6.45, 7) is 1.07. The molecule has 260 valence electrons. The number of aliphatic hydroxyl groups is 6. The summed E-state index contributed by atoms with van der Waals surface area (Å²) in [6.07, 6.45) is 7.12. The van der Waals surface area contributed by atoms with Crippen LogP contribution in [0.1, 0.15) is 90.9 Å². The molecule has 2 rings (SSSR count). The summed E-state index contributed by atoms with van der Waals surface area (Å²) in [5.74, 6) is -3.73. The van der Waals surface area contributed by atoms with Crippen LogP contribution in [0.4, 0.5) is 0 Å². The Bertz CT molecular complexity index is 909. The lowest BCUT2D eigenvalue weighted by Crippen LogP contribution is -2.63. The van der Waals surface area contributed by atoms with E-state index in [9.17, 15) is 40.2 Å². The number of rotatable bonds is 21. The van der Waals surface area contributed by atoms with Crippen LogP contribution in [0, 0.1) is 0 Å². The van der Waals surface area contributed by atoms with Gasteiger partial charge in [-0.25, -0.2) is 0 Å². The molecule has 0 aliphatic carbocycles. The van der Waals surface area contributed by atoms with Gasteiger partial charge in [-0.1, -0.05) is 63.3 Å². The van der Waals surface area contributed by atoms with Gasteiger partial charge in [0.15, 0.2) is 12.4 Å². The van der Waals surface area contributed by atoms with Crippen molar-refractivity contribution in [3.63, 3.8) is 0 Å². The zero-order valence-corrected chi connectivity index (χ0v) is 26.6. The number of aliphatic hydroxyl groups excluding tert-OH is 6. The largest absolute Gasteiger partial charge is 0.460 e. The van der Waals surface area contributed by atoms with E-state index in [-0.39, 0.29) is 6.42 Å². The molecule has 2 fully saturated rings. The highest BCUT2D eigenvalue weighted by Gasteiger charge is 2.61. The molecule has 6 N–H and O–H groups in total. The van der Waals surface area contributed by atoms with Crippen LogP contribution < -0.4 is 0 Å². The average Bonchev–Trinajstić information content (AvgIpc) is 3.27. The van der Waals surface area contributed by atoms with Crippen molar-refractivity contribution >= 4 is 11.9 Å². The molecule has 0 bridgehead atoms. The fraction of sp³-hybridized carbons (Fsp3) is 0.812. The fourth-order valence-corrected chi connectivity index (χ4v) is 5.27. The zero-order valence-electron chi connectivity index (χ0n) is 26.6. The van der Waals surface area contributed by atoms with Gasteiger partial charge in [-0.3, -0.25) is 9.59 Å². The zero-order chi connectivity index (χ0) is 33.2. The Kier molecular flexibility index (Phi) is 18.3. The maximum absolute atomic E-state index is 12.6. The second-order valence-electron chi connectivity index (χ2n) is 11.6. The van der Waals surface area contributed by atoms with E-state index in [1.54, 1.807) is 0 Å². The first kappa shape index (κ1) is 39.2. The third-order valence-electron chi connectivity index (χ3n) is 7.88. The fourth-order valence-electron chi connectivity index (χ4n) is 5.27. The molecule has 0 aromatic rings. The number of esters is 2. The summed E-state index contributed by atoms with van der Waals surface area (Å²) in [7, 11) is 0. The lowest BCUT2D eigenvalue weighted by molar-refractivity contribution is -0.384. The number of hydrogen-bond donors (Lipinski definition) is 6. The van der Waals surface area contributed by atoms with Gasteiger partial charge in [0.1, 0.15) is 43.2 Å². The van der Waals surface area contributed by atoms with Crippen LogP contribution in [0.15, 0.2) is 24.3 Å². The maximum Gasteiger partial charge on any atom is 0.305 e. The Morgan fingerprint density at radius 1 is 0.778 bits per heavy atom. The predicted molar refractivity (Wildman–Crippen MR) is 161 cm³/mol. The Morgan fingerprint density at radius 2 is 1.40 bits per heavy atom. The summed E-state index contributed by atoms with van der Waals surface area (Å²) < 4.78 is 27.5. The van der Waals surface area contributed by atoms with Crippen LogP contribution in [-0.4, -0.2) is 117 Å². The molecule has 0 amide bonds. The minimum Gasteiger partial charge on any atom is -0.460 e. The monoisotopic (exact) mass is 646 g/mol. The number of allylic oxidation sites excluding steroid dienone is 4. The van der Waals surface area contributed by atoms with Crippen molar-refractivity contribution in [1.82, 2.24) is 0 Å². The number of carbonyl (C=O) groups excluding carboxylic acids is 2. The van der Waals surface area contributed by atoms with Crippen molar-refractivity contribution in [3.8, 4) is 0 Å². The van der Waals surface area contributed by atoms with Crippen molar-refractivity contribution in [2.45, 2.75) is 146 Å². The van der Waals surface area contributed by atoms with Gasteiger partial charge in [0.05, 0.1) is 13.2 Å². The van der Waals surface area contributed by atoms with Crippen LogP contribution in [0.2, 0.25) is 0 Å². The number of hydrogen-bond acceptors (Lipinski definition) is 13. The van der Waals surface area contributed by atoms with Crippen molar-refractivity contribution in [1.29, 1.82) is 0 Å². The van der Waals surface area contributed by atoms with Gasteiger partial charge in [0, 0.05) is 13.3 Å². The third-order valence-corrected chi connectivity index (χ3v) is 7.88. The highest BCUT2D eigenvalue weighted by molar-refractivity contribution is 5.69. The molecule has 2 heterocycles. The molecule has 45 heavy (non-hydrogen) atoms. The second-order valence-corrected chi connectivity index (χ2v) is 11.6. The van der Waals surface area contributed by atoms with Crippen molar-refractivity contribution in [2.75, 3.05) is 19.8 Å². The molecule has 0 aromatic carbocycles. The van der Waals surface area contributed by atoms with Crippen molar-refractivity contribution in [3.05, 3.63) is 24.3 Å². The Labute approximate surface area is 265 Å². The minimum atomic E-state index is -2.26. The molecular weight excluding hydrogens is 592 g/mol. The lowest BCUT2D eigenvalue weighted by Gasteiger charge is -2.43.